The molecule has 0 aliphatic carbocycles. The van der Waals surface area contributed by atoms with Crippen molar-refractivity contribution in [3.8, 4) is 5.75 Å². The Labute approximate surface area is 130 Å². The summed E-state index contributed by atoms with van der Waals surface area (Å²) in [5.41, 5.74) is 0.254. The molecule has 0 fully saturated rings. The highest BCUT2D eigenvalue weighted by molar-refractivity contribution is 5.75. The van der Waals surface area contributed by atoms with E-state index >= 15 is 0 Å². The predicted octanol–water partition coefficient (Wildman–Crippen LogP) is 1.37. The lowest BCUT2D eigenvalue weighted by Crippen LogP contribution is -2.30. The molecule has 0 aliphatic heterocycles. The van der Waals surface area contributed by atoms with Crippen LogP contribution in [0, 0.1) is 5.82 Å². The van der Waals surface area contributed by atoms with E-state index in [0.717, 1.165) is 0 Å². The molecule has 118 valence electrons. The molecule has 3 aromatic rings. The van der Waals surface area contributed by atoms with Crippen LogP contribution in [0.5, 0.6) is 5.75 Å². The van der Waals surface area contributed by atoms with E-state index in [0.29, 0.717) is 16.7 Å². The van der Waals surface area contributed by atoms with E-state index in [4.69, 9.17) is 4.74 Å². The third-order valence-corrected chi connectivity index (χ3v) is 3.29. The summed E-state index contributed by atoms with van der Waals surface area (Å²) in [5, 5.41) is 10.5. The Morgan fingerprint density at radius 1 is 1.26 bits per heavy atom. The fourth-order valence-electron chi connectivity index (χ4n) is 2.14. The molecule has 23 heavy (non-hydrogen) atoms. The summed E-state index contributed by atoms with van der Waals surface area (Å²) in [6.45, 7) is 0.0255. The maximum absolute atomic E-state index is 12.8. The van der Waals surface area contributed by atoms with E-state index in [9.17, 15) is 14.3 Å². The molecule has 0 unspecified atom stereocenters. The van der Waals surface area contributed by atoms with E-state index in [2.05, 4.69) is 9.97 Å². The average Bonchev–Trinajstić information content (AvgIpc) is 2.57. The third-order valence-electron chi connectivity index (χ3n) is 3.29. The zero-order valence-corrected chi connectivity index (χ0v) is 12.1. The Balaban J connectivity index is 1.68. The first-order chi connectivity index (χ1) is 11.1. The summed E-state index contributed by atoms with van der Waals surface area (Å²) in [5.74, 6) is 0.0849. The van der Waals surface area contributed by atoms with Gasteiger partial charge >= 0.3 is 0 Å². The molecule has 0 amide bonds. The lowest BCUT2D eigenvalue weighted by Gasteiger charge is -2.14. The number of aliphatic hydroxyl groups is 1. The van der Waals surface area contributed by atoms with Crippen LogP contribution in [0.4, 0.5) is 4.39 Å². The third kappa shape index (κ3) is 3.51. The SMILES string of the molecule is O=c1c2ccncc2ncn1C[C@H](O)COc1ccc(F)cc1. The Morgan fingerprint density at radius 2 is 2.04 bits per heavy atom. The maximum atomic E-state index is 12.8. The van der Waals surface area contributed by atoms with Crippen LogP contribution < -0.4 is 10.3 Å². The van der Waals surface area contributed by atoms with Crippen molar-refractivity contribution < 1.29 is 14.2 Å². The van der Waals surface area contributed by atoms with Crippen molar-refractivity contribution in [2.24, 2.45) is 0 Å². The molecule has 2 aromatic heterocycles. The van der Waals surface area contributed by atoms with E-state index in [1.54, 1.807) is 6.07 Å². The van der Waals surface area contributed by atoms with Crippen molar-refractivity contribution in [3.63, 3.8) is 0 Å². The van der Waals surface area contributed by atoms with Gasteiger partial charge in [0.2, 0.25) is 0 Å². The van der Waals surface area contributed by atoms with Gasteiger partial charge in [0.05, 0.1) is 30.0 Å². The normalized spacial score (nSPS) is 12.3. The van der Waals surface area contributed by atoms with Gasteiger partial charge in [-0.2, -0.15) is 0 Å². The van der Waals surface area contributed by atoms with Gasteiger partial charge in [-0.15, -0.1) is 0 Å². The number of aromatic nitrogens is 3. The second kappa shape index (κ2) is 6.53. The van der Waals surface area contributed by atoms with Crippen LogP contribution in [0.3, 0.4) is 0 Å². The summed E-state index contributed by atoms with van der Waals surface area (Å²) in [6.07, 6.45) is 3.49. The molecule has 1 atom stereocenters. The van der Waals surface area contributed by atoms with Gasteiger partial charge in [-0.3, -0.25) is 14.3 Å². The Morgan fingerprint density at radius 3 is 2.83 bits per heavy atom. The molecule has 1 N–H and O–H groups in total. The number of nitrogens with zero attached hydrogens (tertiary/aromatic N) is 3. The molecule has 0 spiro atoms. The molecule has 6 nitrogen and oxygen atoms in total. The van der Waals surface area contributed by atoms with Crippen LogP contribution in [0.15, 0.2) is 53.8 Å². The molecule has 0 bridgehead atoms. The first-order valence-corrected chi connectivity index (χ1v) is 6.99. The molecule has 0 saturated carbocycles. The van der Waals surface area contributed by atoms with Gasteiger partial charge in [0, 0.05) is 6.20 Å². The first-order valence-electron chi connectivity index (χ1n) is 6.99. The molecule has 0 saturated heterocycles. The van der Waals surface area contributed by atoms with E-state index in [1.165, 1.54) is 47.6 Å². The molecule has 1 aromatic carbocycles. The highest BCUT2D eigenvalue weighted by atomic mass is 19.1. The largest absolute Gasteiger partial charge is 0.491 e. The maximum Gasteiger partial charge on any atom is 0.261 e. The number of benzene rings is 1. The van der Waals surface area contributed by atoms with Gasteiger partial charge in [-0.05, 0) is 30.3 Å². The van der Waals surface area contributed by atoms with Crippen LogP contribution in [0.25, 0.3) is 10.9 Å². The van der Waals surface area contributed by atoms with Gasteiger partial charge in [0.25, 0.3) is 5.56 Å². The van der Waals surface area contributed by atoms with Crippen molar-refractivity contribution in [2.45, 2.75) is 12.6 Å². The topological polar surface area (TPSA) is 77.2 Å². The van der Waals surface area contributed by atoms with E-state index < -0.39 is 6.10 Å². The zero-order chi connectivity index (χ0) is 16.2. The van der Waals surface area contributed by atoms with Crippen LogP contribution >= 0.6 is 0 Å². The summed E-state index contributed by atoms with van der Waals surface area (Å²) in [4.78, 5) is 20.3. The number of rotatable bonds is 5. The smallest absolute Gasteiger partial charge is 0.261 e. The van der Waals surface area contributed by atoms with Crippen molar-refractivity contribution in [1.82, 2.24) is 14.5 Å². The fourth-order valence-corrected chi connectivity index (χ4v) is 2.14. The second-order valence-corrected chi connectivity index (χ2v) is 5.01. The summed E-state index contributed by atoms with van der Waals surface area (Å²) < 4.78 is 19.5. The number of pyridine rings is 1. The standard InChI is InChI=1S/C16H14FN3O3/c17-11-1-3-13(4-2-11)23-9-12(21)8-20-10-19-15-7-18-6-5-14(15)16(20)22/h1-7,10,12,21H,8-9H2/t12-/m0/s1. The lowest BCUT2D eigenvalue weighted by molar-refractivity contribution is 0.0914. The summed E-state index contributed by atoms with van der Waals surface area (Å²) in [7, 11) is 0. The summed E-state index contributed by atoms with van der Waals surface area (Å²) >= 11 is 0. The number of ether oxygens (including phenoxy) is 1. The monoisotopic (exact) mass is 315 g/mol. The number of fused-ring (bicyclic) bond motifs is 1. The number of aliphatic hydroxyl groups excluding tert-OH is 1. The molecular weight excluding hydrogens is 301 g/mol. The Kier molecular flexibility index (Phi) is 4.29. The van der Waals surface area contributed by atoms with Gasteiger partial charge < -0.3 is 9.84 Å². The minimum Gasteiger partial charge on any atom is -0.491 e. The van der Waals surface area contributed by atoms with Crippen molar-refractivity contribution in [3.05, 3.63) is 65.2 Å². The molecule has 7 heteroatoms. The van der Waals surface area contributed by atoms with Gasteiger partial charge in [-0.25, -0.2) is 9.37 Å². The lowest BCUT2D eigenvalue weighted by atomic mass is 10.3. The number of halogens is 1. The fraction of sp³-hybridized carbons (Fsp3) is 0.188. The first kappa shape index (κ1) is 15.1. The van der Waals surface area contributed by atoms with Crippen LogP contribution in [0.1, 0.15) is 0 Å². The minimum absolute atomic E-state index is 0.0214. The minimum atomic E-state index is -0.904. The molecule has 2 heterocycles. The quantitative estimate of drug-likeness (QED) is 0.769. The molecule has 0 radical (unpaired) electrons. The van der Waals surface area contributed by atoms with E-state index in [1.807, 2.05) is 0 Å². The number of hydrogen-bond acceptors (Lipinski definition) is 5. The zero-order valence-electron chi connectivity index (χ0n) is 12.1. The molecular formula is C16H14FN3O3. The van der Waals surface area contributed by atoms with Crippen molar-refractivity contribution in [1.29, 1.82) is 0 Å². The number of hydrogen-bond donors (Lipinski definition) is 1. The highest BCUT2D eigenvalue weighted by Crippen LogP contribution is 2.11. The van der Waals surface area contributed by atoms with E-state index in [-0.39, 0.29) is 24.5 Å². The van der Waals surface area contributed by atoms with Gasteiger partial charge in [0.1, 0.15) is 24.3 Å². The summed E-state index contributed by atoms with van der Waals surface area (Å²) in [6, 6.07) is 7.07. The highest BCUT2D eigenvalue weighted by Gasteiger charge is 2.10. The average molecular weight is 315 g/mol. The van der Waals surface area contributed by atoms with Crippen LogP contribution in [-0.4, -0.2) is 32.4 Å². The second-order valence-electron chi connectivity index (χ2n) is 5.01. The molecule has 3 rings (SSSR count). The van der Waals surface area contributed by atoms with Gasteiger partial charge in [-0.1, -0.05) is 0 Å². The van der Waals surface area contributed by atoms with Crippen molar-refractivity contribution >= 4 is 10.9 Å². The Hall–Kier alpha value is -2.80. The molecule has 0 aliphatic rings. The van der Waals surface area contributed by atoms with Gasteiger partial charge in [0.15, 0.2) is 0 Å². The Bertz CT molecular complexity index is 864. The predicted molar refractivity (Wildman–Crippen MR) is 81.7 cm³/mol. The van der Waals surface area contributed by atoms with Crippen LogP contribution in [0.2, 0.25) is 0 Å². The van der Waals surface area contributed by atoms with Crippen molar-refractivity contribution in [2.75, 3.05) is 6.61 Å². The van der Waals surface area contributed by atoms with Crippen LogP contribution in [-0.2, 0) is 6.54 Å².